The lowest BCUT2D eigenvalue weighted by Gasteiger charge is -2.20. The minimum Gasteiger partial charge on any atom is -0.392 e. The summed E-state index contributed by atoms with van der Waals surface area (Å²) in [6.45, 7) is 6.57. The molecule has 0 aliphatic heterocycles. The molecule has 0 radical (unpaired) electrons. The van der Waals surface area contributed by atoms with Crippen LogP contribution in [-0.4, -0.2) is 52.5 Å². The second-order valence-electron chi connectivity index (χ2n) is 4.06. The summed E-state index contributed by atoms with van der Waals surface area (Å²) in [5, 5.41) is 13.8. The molecule has 0 spiro atoms. The highest BCUT2D eigenvalue weighted by molar-refractivity contribution is 6.69. The molecule has 0 fully saturated rings. The standard InChI is InChI=1S/C13H20ClN3O2/c1-3-17(4-2)9-12(18)10-19-16-13(14)11-6-5-7-15-8-11/h5-8,12,18H,3-4,9-10H2,1-2H3. The average Bonchev–Trinajstić information content (AvgIpc) is 2.45. The zero-order chi connectivity index (χ0) is 14.1. The Hall–Kier alpha value is -1.17. The number of aliphatic hydroxyl groups excluding tert-OH is 1. The van der Waals surface area contributed by atoms with Crippen LogP contribution in [0.4, 0.5) is 0 Å². The Morgan fingerprint density at radius 1 is 1.53 bits per heavy atom. The maximum atomic E-state index is 9.77. The largest absolute Gasteiger partial charge is 0.392 e. The van der Waals surface area contributed by atoms with Crippen LogP contribution in [0.3, 0.4) is 0 Å². The van der Waals surface area contributed by atoms with E-state index in [0.717, 1.165) is 13.1 Å². The SMILES string of the molecule is CCN(CC)CC(O)CON=C(Cl)c1cccnc1. The van der Waals surface area contributed by atoms with Gasteiger partial charge in [0.25, 0.3) is 0 Å². The summed E-state index contributed by atoms with van der Waals surface area (Å²) in [7, 11) is 0. The van der Waals surface area contributed by atoms with Gasteiger partial charge in [-0.05, 0) is 25.2 Å². The summed E-state index contributed by atoms with van der Waals surface area (Å²) in [6, 6.07) is 3.55. The lowest BCUT2D eigenvalue weighted by Crippen LogP contribution is -2.34. The Bertz CT molecular complexity index is 383. The van der Waals surface area contributed by atoms with Gasteiger partial charge < -0.3 is 14.8 Å². The number of nitrogens with zero attached hydrogens (tertiary/aromatic N) is 3. The predicted octanol–water partition coefficient (Wildman–Crippen LogP) is 1.70. The smallest absolute Gasteiger partial charge is 0.177 e. The molecule has 1 aromatic heterocycles. The molecule has 1 aromatic rings. The third kappa shape index (κ3) is 6.00. The molecule has 0 bridgehead atoms. The van der Waals surface area contributed by atoms with Gasteiger partial charge in [0.15, 0.2) is 5.17 Å². The minimum atomic E-state index is -0.581. The van der Waals surface area contributed by atoms with Gasteiger partial charge in [-0.2, -0.15) is 0 Å². The third-order valence-corrected chi connectivity index (χ3v) is 2.96. The summed E-state index contributed by atoms with van der Waals surface area (Å²) in [5.74, 6) is 0. The van der Waals surface area contributed by atoms with Crippen molar-refractivity contribution in [3.63, 3.8) is 0 Å². The number of aromatic nitrogens is 1. The van der Waals surface area contributed by atoms with Gasteiger partial charge in [-0.3, -0.25) is 4.98 Å². The fourth-order valence-corrected chi connectivity index (χ4v) is 1.71. The summed E-state index contributed by atoms with van der Waals surface area (Å²) in [4.78, 5) is 11.1. The van der Waals surface area contributed by atoms with Crippen molar-refractivity contribution in [1.29, 1.82) is 0 Å². The number of hydrogen-bond acceptors (Lipinski definition) is 5. The van der Waals surface area contributed by atoms with Crippen molar-refractivity contribution < 1.29 is 9.94 Å². The highest BCUT2D eigenvalue weighted by Gasteiger charge is 2.09. The van der Waals surface area contributed by atoms with Crippen molar-refractivity contribution in [1.82, 2.24) is 9.88 Å². The van der Waals surface area contributed by atoms with Crippen molar-refractivity contribution >= 4 is 16.8 Å². The van der Waals surface area contributed by atoms with Gasteiger partial charge in [0, 0.05) is 24.5 Å². The van der Waals surface area contributed by atoms with Gasteiger partial charge in [0.2, 0.25) is 0 Å². The van der Waals surface area contributed by atoms with E-state index in [2.05, 4.69) is 28.9 Å². The van der Waals surface area contributed by atoms with Crippen LogP contribution in [0, 0.1) is 0 Å². The molecule has 19 heavy (non-hydrogen) atoms. The van der Waals surface area contributed by atoms with Crippen LogP contribution < -0.4 is 0 Å². The Kier molecular flexibility index (Phi) is 7.40. The quantitative estimate of drug-likeness (QED) is 0.583. The van der Waals surface area contributed by atoms with E-state index in [4.69, 9.17) is 16.4 Å². The second kappa shape index (κ2) is 8.85. The molecule has 0 saturated carbocycles. The van der Waals surface area contributed by atoms with E-state index in [-0.39, 0.29) is 11.8 Å². The molecule has 1 unspecified atom stereocenters. The predicted molar refractivity (Wildman–Crippen MR) is 76.4 cm³/mol. The average molecular weight is 286 g/mol. The first kappa shape index (κ1) is 15.9. The van der Waals surface area contributed by atoms with Crippen molar-refractivity contribution in [2.75, 3.05) is 26.2 Å². The third-order valence-electron chi connectivity index (χ3n) is 2.67. The Morgan fingerprint density at radius 3 is 2.84 bits per heavy atom. The molecular weight excluding hydrogens is 266 g/mol. The molecule has 1 rings (SSSR count). The van der Waals surface area contributed by atoms with Crippen LogP contribution in [0.1, 0.15) is 19.4 Å². The van der Waals surface area contributed by atoms with E-state index in [0.29, 0.717) is 12.1 Å². The number of halogens is 1. The van der Waals surface area contributed by atoms with E-state index in [9.17, 15) is 5.11 Å². The van der Waals surface area contributed by atoms with Gasteiger partial charge in [-0.1, -0.05) is 30.6 Å². The van der Waals surface area contributed by atoms with Crippen LogP contribution in [0.2, 0.25) is 0 Å². The Labute approximate surface area is 118 Å². The molecule has 1 N–H and O–H groups in total. The van der Waals surface area contributed by atoms with Crippen molar-refractivity contribution in [3.8, 4) is 0 Å². The maximum Gasteiger partial charge on any atom is 0.177 e. The van der Waals surface area contributed by atoms with Crippen LogP contribution in [0.15, 0.2) is 29.7 Å². The molecule has 0 aliphatic carbocycles. The zero-order valence-electron chi connectivity index (χ0n) is 11.3. The fourth-order valence-electron chi connectivity index (χ4n) is 1.55. The van der Waals surface area contributed by atoms with Gasteiger partial charge in [0.1, 0.15) is 12.7 Å². The number of aliphatic hydroxyl groups is 1. The van der Waals surface area contributed by atoms with E-state index in [1.807, 2.05) is 0 Å². The van der Waals surface area contributed by atoms with Crippen molar-refractivity contribution in [2.24, 2.45) is 5.16 Å². The zero-order valence-corrected chi connectivity index (χ0v) is 12.0. The van der Waals surface area contributed by atoms with Crippen LogP contribution >= 0.6 is 11.6 Å². The van der Waals surface area contributed by atoms with E-state index in [1.165, 1.54) is 0 Å². The van der Waals surface area contributed by atoms with Gasteiger partial charge >= 0.3 is 0 Å². The lowest BCUT2D eigenvalue weighted by molar-refractivity contribution is 0.0211. The maximum absolute atomic E-state index is 9.77. The summed E-state index contributed by atoms with van der Waals surface area (Å²) >= 11 is 5.94. The monoisotopic (exact) mass is 285 g/mol. The Balaban J connectivity index is 2.36. The highest BCUT2D eigenvalue weighted by atomic mass is 35.5. The first-order chi connectivity index (χ1) is 9.17. The lowest BCUT2D eigenvalue weighted by atomic mass is 10.3. The topological polar surface area (TPSA) is 58.0 Å². The number of pyridine rings is 1. The molecular formula is C13H20ClN3O2. The molecule has 0 aliphatic rings. The highest BCUT2D eigenvalue weighted by Crippen LogP contribution is 2.03. The molecule has 106 valence electrons. The van der Waals surface area contributed by atoms with Crippen molar-refractivity contribution in [2.45, 2.75) is 20.0 Å². The van der Waals surface area contributed by atoms with Crippen LogP contribution in [-0.2, 0) is 4.84 Å². The molecule has 0 amide bonds. The first-order valence-corrected chi connectivity index (χ1v) is 6.71. The van der Waals surface area contributed by atoms with Gasteiger partial charge in [0.05, 0.1) is 0 Å². The summed E-state index contributed by atoms with van der Waals surface area (Å²) in [6.07, 6.45) is 2.67. The van der Waals surface area contributed by atoms with Gasteiger partial charge in [-0.25, -0.2) is 0 Å². The minimum absolute atomic E-state index is 0.118. The fraction of sp³-hybridized carbons (Fsp3) is 0.538. The number of likely N-dealkylation sites (N-methyl/N-ethyl adjacent to an activating group) is 1. The summed E-state index contributed by atoms with van der Waals surface area (Å²) < 4.78 is 0. The normalized spacial score (nSPS) is 13.6. The number of oxime groups is 1. The molecule has 1 atom stereocenters. The number of hydrogen-bond donors (Lipinski definition) is 1. The van der Waals surface area contributed by atoms with E-state index < -0.39 is 6.10 Å². The molecule has 5 nitrogen and oxygen atoms in total. The Morgan fingerprint density at radius 2 is 2.26 bits per heavy atom. The molecule has 6 heteroatoms. The molecule has 0 saturated heterocycles. The number of rotatable bonds is 8. The van der Waals surface area contributed by atoms with Crippen LogP contribution in [0.5, 0.6) is 0 Å². The van der Waals surface area contributed by atoms with E-state index >= 15 is 0 Å². The molecule has 0 aromatic carbocycles. The first-order valence-electron chi connectivity index (χ1n) is 6.33. The van der Waals surface area contributed by atoms with Crippen molar-refractivity contribution in [3.05, 3.63) is 30.1 Å². The molecule has 1 heterocycles. The van der Waals surface area contributed by atoms with E-state index in [1.54, 1.807) is 24.5 Å². The van der Waals surface area contributed by atoms with Crippen LogP contribution in [0.25, 0.3) is 0 Å². The second-order valence-corrected chi connectivity index (χ2v) is 4.42. The summed E-state index contributed by atoms with van der Waals surface area (Å²) in [5.41, 5.74) is 0.683. The van der Waals surface area contributed by atoms with Gasteiger partial charge in [-0.15, -0.1) is 0 Å².